The van der Waals surface area contributed by atoms with Crippen molar-refractivity contribution in [3.05, 3.63) is 114 Å². The summed E-state index contributed by atoms with van der Waals surface area (Å²) in [6.07, 6.45) is 1.43. The van der Waals surface area contributed by atoms with E-state index in [1.807, 2.05) is 0 Å². The number of nitrogens with two attached hydrogens (primary N) is 1. The lowest BCUT2D eigenvalue weighted by Crippen LogP contribution is -2.50. The molecule has 0 aliphatic carbocycles. The van der Waals surface area contributed by atoms with Crippen molar-refractivity contribution in [3.8, 4) is 0 Å². The predicted molar refractivity (Wildman–Crippen MR) is 127 cm³/mol. The summed E-state index contributed by atoms with van der Waals surface area (Å²) in [6.45, 7) is 3.51. The molecule has 3 rings (SSSR count). The van der Waals surface area contributed by atoms with Crippen LogP contribution in [0.5, 0.6) is 0 Å². The Balaban J connectivity index is 1.95. The number of hydrogen-bond acceptors (Lipinski definition) is 5. The highest BCUT2D eigenvalue weighted by atomic mass is 16.5. The van der Waals surface area contributed by atoms with Crippen LogP contribution in [0.3, 0.4) is 0 Å². The Kier molecular flexibility index (Phi) is 7.56. The number of benzene rings is 3. The molecule has 0 atom stereocenters. The summed E-state index contributed by atoms with van der Waals surface area (Å²) in [5.74, 6) is -1.60. The van der Waals surface area contributed by atoms with Crippen LogP contribution in [0.25, 0.3) is 0 Å². The summed E-state index contributed by atoms with van der Waals surface area (Å²) in [5, 5.41) is 1.91. The Bertz CT molecular complexity index is 1240. The van der Waals surface area contributed by atoms with Crippen LogP contribution in [0.2, 0.25) is 0 Å². The molecule has 0 saturated heterocycles. The van der Waals surface area contributed by atoms with E-state index in [-0.39, 0.29) is 34.8 Å². The second-order valence-corrected chi connectivity index (χ2v) is 7.16. The minimum Gasteiger partial charge on any atom is -0.458 e. The fourth-order valence-corrected chi connectivity index (χ4v) is 3.31. The smallest absolute Gasteiger partial charge is 0.338 e. The first-order valence-electron chi connectivity index (χ1n) is 10.3. The molecule has 8 heteroatoms. The van der Waals surface area contributed by atoms with Crippen molar-refractivity contribution in [3.63, 3.8) is 0 Å². The van der Waals surface area contributed by atoms with Gasteiger partial charge in [0.25, 0.3) is 5.91 Å². The van der Waals surface area contributed by atoms with Crippen molar-refractivity contribution >= 4 is 29.4 Å². The number of hydrogen-bond donors (Lipinski definition) is 1. The van der Waals surface area contributed by atoms with Crippen LogP contribution in [0, 0.1) is 0 Å². The fourth-order valence-electron chi connectivity index (χ4n) is 3.31. The average Bonchev–Trinajstić information content (AvgIpc) is 2.87. The molecule has 8 nitrogen and oxygen atoms in total. The summed E-state index contributed by atoms with van der Waals surface area (Å²) in [5.41, 5.74) is 6.59. The van der Waals surface area contributed by atoms with Crippen molar-refractivity contribution in [1.82, 2.24) is 5.01 Å². The van der Waals surface area contributed by atoms with E-state index >= 15 is 0 Å². The number of esters is 1. The highest BCUT2D eigenvalue weighted by molar-refractivity contribution is 6.15. The van der Waals surface area contributed by atoms with Crippen LogP contribution >= 0.6 is 0 Å². The van der Waals surface area contributed by atoms with Gasteiger partial charge in [0.15, 0.2) is 5.78 Å². The quantitative estimate of drug-likeness (QED) is 0.251. The molecule has 0 aromatic heterocycles. The fraction of sp³-hybridized carbons (Fsp3) is 0.0769. The van der Waals surface area contributed by atoms with Crippen molar-refractivity contribution in [2.45, 2.75) is 0 Å². The summed E-state index contributed by atoms with van der Waals surface area (Å²) < 4.78 is 5.02. The molecule has 0 saturated carbocycles. The van der Waals surface area contributed by atoms with E-state index in [2.05, 4.69) is 6.58 Å². The van der Waals surface area contributed by atoms with Crippen molar-refractivity contribution < 1.29 is 23.9 Å². The van der Waals surface area contributed by atoms with Gasteiger partial charge < -0.3 is 10.5 Å². The lowest BCUT2D eigenvalue weighted by Gasteiger charge is -2.31. The zero-order valence-corrected chi connectivity index (χ0v) is 18.5. The van der Waals surface area contributed by atoms with Crippen LogP contribution in [-0.4, -0.2) is 42.4 Å². The number of hydrazine groups is 1. The summed E-state index contributed by atoms with van der Waals surface area (Å²) >= 11 is 0. The molecule has 172 valence electrons. The first-order valence-corrected chi connectivity index (χ1v) is 10.3. The van der Waals surface area contributed by atoms with Gasteiger partial charge in [-0.2, -0.15) is 0 Å². The predicted octanol–water partition coefficient (Wildman–Crippen LogP) is 3.83. The molecule has 0 aliphatic heterocycles. The molecule has 0 heterocycles. The minimum atomic E-state index is -0.959. The third kappa shape index (κ3) is 5.18. The molecular weight excluding hydrogens is 434 g/mol. The monoisotopic (exact) mass is 457 g/mol. The second-order valence-electron chi connectivity index (χ2n) is 7.16. The van der Waals surface area contributed by atoms with Crippen molar-refractivity contribution in [1.29, 1.82) is 0 Å². The minimum absolute atomic E-state index is 0.0210. The van der Waals surface area contributed by atoms with Gasteiger partial charge in [-0.05, 0) is 24.3 Å². The van der Waals surface area contributed by atoms with Gasteiger partial charge in [0.05, 0.1) is 16.8 Å². The van der Waals surface area contributed by atoms with E-state index in [0.717, 1.165) is 10.0 Å². The molecule has 34 heavy (non-hydrogen) atoms. The number of ketones is 1. The Labute approximate surface area is 196 Å². The largest absolute Gasteiger partial charge is 0.458 e. The summed E-state index contributed by atoms with van der Waals surface area (Å²) in [6, 6.07) is 19.8. The van der Waals surface area contributed by atoms with E-state index in [1.54, 1.807) is 48.5 Å². The molecule has 2 N–H and O–H groups in total. The maximum Gasteiger partial charge on any atom is 0.338 e. The SMILES string of the molecule is C=CCOC(=O)c1cccc(N(C(N)=O)N(C)C(=O)c2ccccc2C(=O)c2ccccc2)c1. The van der Waals surface area contributed by atoms with Gasteiger partial charge in [-0.1, -0.05) is 67.3 Å². The Morgan fingerprint density at radius 2 is 1.50 bits per heavy atom. The third-order valence-corrected chi connectivity index (χ3v) is 4.90. The Hall–Kier alpha value is -4.72. The van der Waals surface area contributed by atoms with Crippen LogP contribution in [-0.2, 0) is 4.74 Å². The van der Waals surface area contributed by atoms with Crippen molar-refractivity contribution in [2.24, 2.45) is 5.73 Å². The molecule has 0 spiro atoms. The van der Waals surface area contributed by atoms with E-state index in [9.17, 15) is 19.2 Å². The van der Waals surface area contributed by atoms with Crippen LogP contribution in [0.1, 0.15) is 36.6 Å². The van der Waals surface area contributed by atoms with Gasteiger partial charge in [-0.3, -0.25) is 9.59 Å². The highest BCUT2D eigenvalue weighted by Gasteiger charge is 2.27. The number of carbonyl (C=O) groups excluding carboxylic acids is 4. The zero-order chi connectivity index (χ0) is 24.7. The van der Waals surface area contributed by atoms with Gasteiger partial charge in [0.1, 0.15) is 6.61 Å². The number of amides is 3. The number of primary amides is 1. The molecule has 3 amide bonds. The zero-order valence-electron chi connectivity index (χ0n) is 18.5. The van der Waals surface area contributed by atoms with Gasteiger partial charge in [-0.15, -0.1) is 0 Å². The number of carbonyl (C=O) groups is 4. The highest BCUT2D eigenvalue weighted by Crippen LogP contribution is 2.22. The number of ether oxygens (including phenoxy) is 1. The average molecular weight is 457 g/mol. The summed E-state index contributed by atoms with van der Waals surface area (Å²) in [7, 11) is 1.35. The summed E-state index contributed by atoms with van der Waals surface area (Å²) in [4.78, 5) is 51.0. The normalized spacial score (nSPS) is 10.1. The second kappa shape index (κ2) is 10.7. The van der Waals surface area contributed by atoms with Gasteiger partial charge >= 0.3 is 12.0 Å². The molecule has 0 fully saturated rings. The molecule has 3 aromatic rings. The number of urea groups is 1. The van der Waals surface area contributed by atoms with Crippen LogP contribution in [0.15, 0.2) is 91.5 Å². The number of anilines is 1. The van der Waals surface area contributed by atoms with Gasteiger partial charge in [0.2, 0.25) is 0 Å². The maximum atomic E-state index is 13.4. The van der Waals surface area contributed by atoms with E-state index in [0.29, 0.717) is 5.56 Å². The van der Waals surface area contributed by atoms with E-state index in [4.69, 9.17) is 10.5 Å². The standard InChI is InChI=1S/C26H23N3O5/c1-3-16-34-25(32)19-12-9-13-20(17-19)29(26(27)33)28(2)24(31)22-15-8-7-14-21(22)23(30)18-10-5-4-6-11-18/h3-15,17H,1,16H2,2H3,(H2,27,33). The lowest BCUT2D eigenvalue weighted by molar-refractivity contribution is 0.0549. The van der Waals surface area contributed by atoms with Gasteiger partial charge in [0, 0.05) is 18.2 Å². The topological polar surface area (TPSA) is 110 Å². The molecule has 0 aliphatic rings. The lowest BCUT2D eigenvalue weighted by atomic mass is 9.98. The maximum absolute atomic E-state index is 13.4. The third-order valence-electron chi connectivity index (χ3n) is 4.90. The first-order chi connectivity index (χ1) is 16.3. The number of nitrogens with zero attached hydrogens (tertiary/aromatic N) is 2. The Morgan fingerprint density at radius 3 is 2.15 bits per heavy atom. The Morgan fingerprint density at radius 1 is 0.882 bits per heavy atom. The first kappa shape index (κ1) is 23.9. The van der Waals surface area contributed by atoms with E-state index < -0.39 is 17.9 Å². The molecule has 3 aromatic carbocycles. The molecule has 0 unspecified atom stereocenters. The van der Waals surface area contributed by atoms with Gasteiger partial charge in [-0.25, -0.2) is 19.6 Å². The molecule has 0 radical (unpaired) electrons. The van der Waals surface area contributed by atoms with E-state index in [1.165, 1.54) is 43.5 Å². The molecular formula is C26H23N3O5. The molecule has 0 bridgehead atoms. The van der Waals surface area contributed by atoms with Crippen molar-refractivity contribution in [2.75, 3.05) is 18.7 Å². The van der Waals surface area contributed by atoms with Crippen LogP contribution < -0.4 is 10.7 Å². The number of rotatable bonds is 7. The van der Waals surface area contributed by atoms with Crippen LogP contribution in [0.4, 0.5) is 10.5 Å².